The maximum Gasteiger partial charge on any atom is 0.319 e. The number of hydrogen-bond donors (Lipinski definition) is 2. The minimum absolute atomic E-state index is 0.221. The van der Waals surface area contributed by atoms with Crippen LogP contribution in [0.5, 0.6) is 11.6 Å². The summed E-state index contributed by atoms with van der Waals surface area (Å²) >= 11 is 0. The van der Waals surface area contributed by atoms with Gasteiger partial charge in [0, 0.05) is 29.6 Å². The predicted molar refractivity (Wildman–Crippen MR) is 135 cm³/mol. The van der Waals surface area contributed by atoms with Crippen molar-refractivity contribution in [2.45, 2.75) is 46.6 Å². The van der Waals surface area contributed by atoms with Gasteiger partial charge in [-0.2, -0.15) is 0 Å². The van der Waals surface area contributed by atoms with Crippen molar-refractivity contribution in [3.63, 3.8) is 0 Å². The number of urea groups is 1. The number of anilines is 1. The highest BCUT2D eigenvalue weighted by molar-refractivity contribution is 5.95. The molecule has 2 heterocycles. The fourth-order valence-corrected chi connectivity index (χ4v) is 3.66. The average molecular weight is 463 g/mol. The number of rotatable bonds is 9. The first-order valence-corrected chi connectivity index (χ1v) is 11.6. The Kier molecular flexibility index (Phi) is 8.46. The SMILES string of the molecule is CCCCOc1cc(-c2ccccc2OC)c(NC(=O)NC(c2cccnc2)C(C)(C)C)cn1. The van der Waals surface area contributed by atoms with Crippen LogP contribution < -0.4 is 20.1 Å². The van der Waals surface area contributed by atoms with Crippen molar-refractivity contribution in [3.05, 3.63) is 66.6 Å². The lowest BCUT2D eigenvalue weighted by atomic mass is 9.83. The molecule has 2 N–H and O–H groups in total. The highest BCUT2D eigenvalue weighted by atomic mass is 16.5. The number of carbonyl (C=O) groups excluding carboxylic acids is 1. The second-order valence-corrected chi connectivity index (χ2v) is 9.15. The van der Waals surface area contributed by atoms with Gasteiger partial charge in [0.05, 0.1) is 31.6 Å². The highest BCUT2D eigenvalue weighted by Gasteiger charge is 2.28. The molecule has 0 saturated heterocycles. The predicted octanol–water partition coefficient (Wildman–Crippen LogP) is 6.24. The molecule has 7 heteroatoms. The zero-order valence-electron chi connectivity index (χ0n) is 20.6. The van der Waals surface area contributed by atoms with Crippen LogP contribution in [0.2, 0.25) is 0 Å². The van der Waals surface area contributed by atoms with Crippen molar-refractivity contribution >= 4 is 11.7 Å². The van der Waals surface area contributed by atoms with E-state index in [0.29, 0.717) is 23.9 Å². The molecule has 1 unspecified atom stereocenters. The first kappa shape index (κ1) is 25.0. The quantitative estimate of drug-likeness (QED) is 0.368. The summed E-state index contributed by atoms with van der Waals surface area (Å²) < 4.78 is 11.4. The third kappa shape index (κ3) is 6.47. The highest BCUT2D eigenvalue weighted by Crippen LogP contribution is 2.37. The number of para-hydroxylation sites is 1. The number of hydrogen-bond acceptors (Lipinski definition) is 5. The Hall–Kier alpha value is -3.61. The van der Waals surface area contributed by atoms with Gasteiger partial charge in [0.1, 0.15) is 5.75 Å². The van der Waals surface area contributed by atoms with Gasteiger partial charge in [0.2, 0.25) is 5.88 Å². The summed E-state index contributed by atoms with van der Waals surface area (Å²) in [6, 6.07) is 12.8. The van der Waals surface area contributed by atoms with Gasteiger partial charge in [-0.05, 0) is 29.5 Å². The Morgan fingerprint density at radius 3 is 2.56 bits per heavy atom. The third-order valence-electron chi connectivity index (χ3n) is 5.43. The summed E-state index contributed by atoms with van der Waals surface area (Å²) in [6.07, 6.45) is 7.10. The van der Waals surface area contributed by atoms with Crippen molar-refractivity contribution < 1.29 is 14.3 Å². The number of carbonyl (C=O) groups is 1. The van der Waals surface area contributed by atoms with Gasteiger partial charge in [-0.15, -0.1) is 0 Å². The van der Waals surface area contributed by atoms with E-state index in [-0.39, 0.29) is 17.5 Å². The number of nitrogens with one attached hydrogen (secondary N) is 2. The number of amides is 2. The van der Waals surface area contributed by atoms with Crippen LogP contribution in [0.25, 0.3) is 11.1 Å². The van der Waals surface area contributed by atoms with E-state index in [0.717, 1.165) is 29.5 Å². The van der Waals surface area contributed by atoms with Crippen molar-refractivity contribution in [1.29, 1.82) is 0 Å². The van der Waals surface area contributed by atoms with E-state index in [1.54, 1.807) is 25.7 Å². The van der Waals surface area contributed by atoms with Crippen LogP contribution >= 0.6 is 0 Å². The van der Waals surface area contributed by atoms with E-state index < -0.39 is 0 Å². The number of pyridine rings is 2. The molecule has 1 atom stereocenters. The Morgan fingerprint density at radius 2 is 1.88 bits per heavy atom. The molecule has 3 aromatic rings. The number of unbranched alkanes of at least 4 members (excludes halogenated alkanes) is 1. The summed E-state index contributed by atoms with van der Waals surface area (Å²) in [5.74, 6) is 1.20. The monoisotopic (exact) mass is 462 g/mol. The smallest absolute Gasteiger partial charge is 0.319 e. The van der Waals surface area contributed by atoms with Crippen molar-refractivity contribution in [2.24, 2.45) is 5.41 Å². The molecule has 34 heavy (non-hydrogen) atoms. The number of aromatic nitrogens is 2. The lowest BCUT2D eigenvalue weighted by molar-refractivity contribution is 0.229. The van der Waals surface area contributed by atoms with Crippen molar-refractivity contribution in [3.8, 4) is 22.8 Å². The van der Waals surface area contributed by atoms with Crippen LogP contribution in [-0.4, -0.2) is 29.7 Å². The van der Waals surface area contributed by atoms with Crippen LogP contribution in [0.15, 0.2) is 61.1 Å². The molecule has 0 saturated carbocycles. The minimum atomic E-state index is -0.332. The summed E-state index contributed by atoms with van der Waals surface area (Å²) in [4.78, 5) is 21.8. The number of ether oxygens (including phenoxy) is 2. The molecule has 0 aliphatic carbocycles. The summed E-state index contributed by atoms with van der Waals surface area (Å²) in [5.41, 5.74) is 2.88. The van der Waals surface area contributed by atoms with Gasteiger partial charge < -0.3 is 20.1 Å². The molecule has 0 aliphatic heterocycles. The van der Waals surface area contributed by atoms with E-state index >= 15 is 0 Å². The Morgan fingerprint density at radius 1 is 1.09 bits per heavy atom. The minimum Gasteiger partial charge on any atom is -0.496 e. The average Bonchev–Trinajstić information content (AvgIpc) is 2.83. The third-order valence-corrected chi connectivity index (χ3v) is 5.43. The molecule has 1 aromatic carbocycles. The topological polar surface area (TPSA) is 85.4 Å². The summed E-state index contributed by atoms with van der Waals surface area (Å²) in [6.45, 7) is 8.93. The van der Waals surface area contributed by atoms with Gasteiger partial charge in [-0.3, -0.25) is 4.98 Å². The van der Waals surface area contributed by atoms with E-state index in [1.807, 2.05) is 42.5 Å². The molecule has 0 spiro atoms. The number of methoxy groups -OCH3 is 1. The molecule has 0 aliphatic rings. The molecule has 0 fully saturated rings. The molecule has 180 valence electrons. The summed E-state index contributed by atoms with van der Waals surface area (Å²) in [7, 11) is 1.63. The van der Waals surface area contributed by atoms with Gasteiger partial charge in [0.15, 0.2) is 0 Å². The molecule has 0 radical (unpaired) electrons. The fourth-order valence-electron chi connectivity index (χ4n) is 3.66. The largest absolute Gasteiger partial charge is 0.496 e. The normalized spacial score (nSPS) is 12.0. The van der Waals surface area contributed by atoms with Crippen LogP contribution in [0.1, 0.15) is 52.1 Å². The van der Waals surface area contributed by atoms with Crippen molar-refractivity contribution in [1.82, 2.24) is 15.3 Å². The molecular weight excluding hydrogens is 428 g/mol. The molecule has 2 aromatic heterocycles. The van der Waals surface area contributed by atoms with Crippen molar-refractivity contribution in [2.75, 3.05) is 19.0 Å². The number of benzene rings is 1. The zero-order chi connectivity index (χ0) is 24.6. The lowest BCUT2D eigenvalue weighted by Gasteiger charge is -2.31. The summed E-state index contributed by atoms with van der Waals surface area (Å²) in [5, 5.41) is 6.09. The first-order chi connectivity index (χ1) is 16.3. The van der Waals surface area contributed by atoms with Gasteiger partial charge in [0.25, 0.3) is 0 Å². The first-order valence-electron chi connectivity index (χ1n) is 11.6. The second-order valence-electron chi connectivity index (χ2n) is 9.15. The molecule has 2 amide bonds. The van der Waals surface area contributed by atoms with Crippen LogP contribution in [-0.2, 0) is 0 Å². The molecular formula is C27H34N4O3. The van der Waals surface area contributed by atoms with E-state index in [2.05, 4.69) is 48.3 Å². The fraction of sp³-hybridized carbons (Fsp3) is 0.370. The maximum absolute atomic E-state index is 13.1. The molecule has 7 nitrogen and oxygen atoms in total. The van der Waals surface area contributed by atoms with Crippen LogP contribution in [0.3, 0.4) is 0 Å². The van der Waals surface area contributed by atoms with E-state index in [9.17, 15) is 4.79 Å². The standard InChI is InChI=1S/C27H34N4O3/c1-6-7-15-34-24-16-21(20-12-8-9-13-23(20)33-5)22(18-29-24)30-26(32)31-25(27(2,3)4)19-11-10-14-28-17-19/h8-14,16-18,25H,6-7,15H2,1-5H3,(H2,30,31,32). The number of nitrogens with zero attached hydrogens (tertiary/aromatic N) is 2. The van der Waals surface area contributed by atoms with Gasteiger partial charge in [-0.25, -0.2) is 9.78 Å². The molecule has 0 bridgehead atoms. The van der Waals surface area contributed by atoms with Crippen LogP contribution in [0, 0.1) is 5.41 Å². The van der Waals surface area contributed by atoms with E-state index in [4.69, 9.17) is 9.47 Å². The van der Waals surface area contributed by atoms with Gasteiger partial charge >= 0.3 is 6.03 Å². The van der Waals surface area contributed by atoms with E-state index in [1.165, 1.54) is 0 Å². The zero-order valence-corrected chi connectivity index (χ0v) is 20.6. The molecule has 3 rings (SSSR count). The maximum atomic E-state index is 13.1. The Bertz CT molecular complexity index is 1080. The second kappa shape index (κ2) is 11.5. The Labute approximate surface area is 201 Å². The van der Waals surface area contributed by atoms with Gasteiger partial charge in [-0.1, -0.05) is 58.4 Å². The van der Waals surface area contributed by atoms with Crippen LogP contribution in [0.4, 0.5) is 10.5 Å². The lowest BCUT2D eigenvalue weighted by Crippen LogP contribution is -2.39. The Balaban J connectivity index is 1.91.